The molecular weight excluding hydrogens is 444 g/mol. The molecule has 1 saturated heterocycles. The van der Waals surface area contributed by atoms with E-state index in [-0.39, 0.29) is 11.8 Å². The first-order chi connectivity index (χ1) is 17.1. The molecule has 1 fully saturated rings. The number of ether oxygens (including phenoxy) is 2. The summed E-state index contributed by atoms with van der Waals surface area (Å²) in [4.78, 5) is 31.4. The lowest BCUT2D eigenvalue weighted by Crippen LogP contribution is -2.38. The third kappa shape index (κ3) is 4.37. The number of hydrogen-bond donors (Lipinski definition) is 0. The lowest BCUT2D eigenvalue weighted by molar-refractivity contribution is 0.0710. The lowest BCUT2D eigenvalue weighted by atomic mass is 9.86. The maximum atomic E-state index is 13.3. The second-order valence-electron chi connectivity index (χ2n) is 8.55. The third-order valence-electron chi connectivity index (χ3n) is 6.60. The van der Waals surface area contributed by atoms with Crippen molar-refractivity contribution in [3.8, 4) is 22.8 Å². The summed E-state index contributed by atoms with van der Waals surface area (Å²) in [6.45, 7) is 1.22. The maximum Gasteiger partial charge on any atom is 0.439 e. The minimum absolute atomic E-state index is 0.0569. The van der Waals surface area contributed by atoms with Gasteiger partial charge in [0.25, 0.3) is 5.91 Å². The van der Waals surface area contributed by atoms with Crippen molar-refractivity contribution in [1.82, 2.24) is 9.88 Å². The molecule has 5 rings (SSSR count). The number of nitrogens with zero attached hydrogens (tertiary/aromatic N) is 2. The summed E-state index contributed by atoms with van der Waals surface area (Å²) in [6, 6.07) is 20.7. The van der Waals surface area contributed by atoms with E-state index in [1.54, 1.807) is 32.4 Å². The van der Waals surface area contributed by atoms with Crippen LogP contribution in [0, 0.1) is 0 Å². The van der Waals surface area contributed by atoms with E-state index in [9.17, 15) is 9.59 Å². The molecule has 0 aliphatic carbocycles. The van der Waals surface area contributed by atoms with Gasteiger partial charge in [-0.25, -0.2) is 4.79 Å². The van der Waals surface area contributed by atoms with Crippen molar-refractivity contribution in [3.63, 3.8) is 0 Å². The molecule has 0 saturated carbocycles. The molecule has 1 aliphatic heterocycles. The van der Waals surface area contributed by atoms with Crippen LogP contribution in [0.25, 0.3) is 22.2 Å². The van der Waals surface area contributed by atoms with Crippen molar-refractivity contribution >= 4 is 16.8 Å². The summed E-state index contributed by atoms with van der Waals surface area (Å²) in [5.74, 6) is 1.22. The van der Waals surface area contributed by atoms with Crippen LogP contribution in [0.2, 0.25) is 0 Å². The standard InChI is InChI=1S/C28H26N2O5/c1-33-20-11-12-22(24(17-20)34-2)27(31)30-15-13-18(14-16-30)21-9-6-10-23-25(21)26(35-28(32)29-23)19-7-4-3-5-8-19/h3-12,17-18H,13-16H2,1-2H3. The van der Waals surface area contributed by atoms with Gasteiger partial charge in [0.05, 0.1) is 25.3 Å². The second-order valence-corrected chi connectivity index (χ2v) is 8.55. The van der Waals surface area contributed by atoms with E-state index < -0.39 is 5.76 Å². The van der Waals surface area contributed by atoms with Crippen LogP contribution in [0.4, 0.5) is 0 Å². The molecular formula is C28H26N2O5. The van der Waals surface area contributed by atoms with E-state index in [0.29, 0.717) is 41.4 Å². The van der Waals surface area contributed by atoms with Gasteiger partial charge in [-0.1, -0.05) is 42.5 Å². The molecule has 0 atom stereocenters. The molecule has 1 aliphatic rings. The number of carbonyl (C=O) groups is 1. The molecule has 0 bridgehead atoms. The van der Waals surface area contributed by atoms with Crippen LogP contribution in [0.3, 0.4) is 0 Å². The number of piperidine rings is 1. The van der Waals surface area contributed by atoms with Gasteiger partial charge in [0.2, 0.25) is 0 Å². The number of methoxy groups -OCH3 is 2. The summed E-state index contributed by atoms with van der Waals surface area (Å²) >= 11 is 0. The quantitative estimate of drug-likeness (QED) is 0.413. The Balaban J connectivity index is 1.43. The lowest BCUT2D eigenvalue weighted by Gasteiger charge is -2.33. The largest absolute Gasteiger partial charge is 0.497 e. The molecule has 7 heteroatoms. The molecule has 7 nitrogen and oxygen atoms in total. The Hall–Kier alpha value is -4.13. The van der Waals surface area contributed by atoms with Crippen LogP contribution in [0.5, 0.6) is 11.5 Å². The van der Waals surface area contributed by atoms with Gasteiger partial charge in [-0.05, 0) is 42.5 Å². The average molecular weight is 471 g/mol. The van der Waals surface area contributed by atoms with E-state index >= 15 is 0 Å². The van der Waals surface area contributed by atoms with E-state index in [0.717, 1.165) is 29.4 Å². The number of rotatable bonds is 5. The fraction of sp³-hybridized carbons (Fsp3) is 0.250. The fourth-order valence-corrected chi connectivity index (χ4v) is 4.83. The molecule has 2 heterocycles. The Morgan fingerprint density at radius 3 is 2.46 bits per heavy atom. The number of amides is 1. The van der Waals surface area contributed by atoms with Crippen molar-refractivity contribution in [1.29, 1.82) is 0 Å². The molecule has 35 heavy (non-hydrogen) atoms. The van der Waals surface area contributed by atoms with Crippen LogP contribution in [-0.2, 0) is 0 Å². The first-order valence-electron chi connectivity index (χ1n) is 11.6. The van der Waals surface area contributed by atoms with Crippen molar-refractivity contribution < 1.29 is 18.7 Å². The Kier molecular flexibility index (Phi) is 6.23. The molecule has 4 aromatic rings. The van der Waals surface area contributed by atoms with Crippen LogP contribution in [-0.4, -0.2) is 43.1 Å². The number of aromatic nitrogens is 1. The van der Waals surface area contributed by atoms with Gasteiger partial charge in [0, 0.05) is 30.1 Å². The van der Waals surface area contributed by atoms with Gasteiger partial charge in [0.1, 0.15) is 17.3 Å². The van der Waals surface area contributed by atoms with E-state index in [4.69, 9.17) is 13.9 Å². The smallest absolute Gasteiger partial charge is 0.439 e. The molecule has 0 spiro atoms. The van der Waals surface area contributed by atoms with Gasteiger partial charge in [-0.15, -0.1) is 0 Å². The number of fused-ring (bicyclic) bond motifs is 1. The van der Waals surface area contributed by atoms with Gasteiger partial charge in [0.15, 0.2) is 0 Å². The van der Waals surface area contributed by atoms with Crippen molar-refractivity contribution in [3.05, 3.63) is 88.4 Å². The average Bonchev–Trinajstić information content (AvgIpc) is 2.92. The number of carbonyl (C=O) groups excluding carboxylic acids is 1. The Bertz CT molecular complexity index is 1420. The molecule has 3 aromatic carbocycles. The monoisotopic (exact) mass is 470 g/mol. The van der Waals surface area contributed by atoms with E-state index in [1.165, 1.54) is 0 Å². The first kappa shape index (κ1) is 22.7. The Morgan fingerprint density at radius 1 is 0.971 bits per heavy atom. The van der Waals surface area contributed by atoms with Crippen LogP contribution in [0.15, 0.2) is 75.9 Å². The predicted molar refractivity (Wildman–Crippen MR) is 133 cm³/mol. The zero-order chi connectivity index (χ0) is 24.4. The molecule has 1 amide bonds. The van der Waals surface area contributed by atoms with E-state index in [2.05, 4.69) is 11.1 Å². The van der Waals surface area contributed by atoms with Gasteiger partial charge in [-0.3, -0.25) is 4.79 Å². The molecule has 0 N–H and O–H groups in total. The maximum absolute atomic E-state index is 13.3. The SMILES string of the molecule is COc1ccc(C(=O)N2CCC(c3cccc4nc(=O)oc(-c5ccccc5)c34)CC2)c(OC)c1. The minimum Gasteiger partial charge on any atom is -0.497 e. The highest BCUT2D eigenvalue weighted by molar-refractivity contribution is 5.97. The number of benzene rings is 3. The molecule has 0 unspecified atom stereocenters. The van der Waals surface area contributed by atoms with Crippen molar-refractivity contribution in [2.45, 2.75) is 18.8 Å². The zero-order valence-corrected chi connectivity index (χ0v) is 19.7. The third-order valence-corrected chi connectivity index (χ3v) is 6.60. The fourth-order valence-electron chi connectivity index (χ4n) is 4.83. The normalized spacial score (nSPS) is 14.2. The minimum atomic E-state index is -0.609. The van der Waals surface area contributed by atoms with Crippen LogP contribution < -0.4 is 15.2 Å². The highest BCUT2D eigenvalue weighted by Gasteiger charge is 2.28. The Labute approximate surface area is 202 Å². The van der Waals surface area contributed by atoms with Crippen LogP contribution >= 0.6 is 0 Å². The van der Waals surface area contributed by atoms with Crippen molar-refractivity contribution in [2.24, 2.45) is 0 Å². The van der Waals surface area contributed by atoms with Crippen molar-refractivity contribution in [2.75, 3.05) is 27.3 Å². The van der Waals surface area contributed by atoms with Gasteiger partial charge in [-0.2, -0.15) is 4.98 Å². The summed E-state index contributed by atoms with van der Waals surface area (Å²) in [6.07, 6.45) is 1.58. The summed E-state index contributed by atoms with van der Waals surface area (Å²) in [7, 11) is 3.13. The molecule has 0 radical (unpaired) electrons. The second kappa shape index (κ2) is 9.62. The van der Waals surface area contributed by atoms with E-state index in [1.807, 2.05) is 47.4 Å². The predicted octanol–water partition coefficient (Wildman–Crippen LogP) is 4.89. The Morgan fingerprint density at radius 2 is 1.74 bits per heavy atom. The highest BCUT2D eigenvalue weighted by atomic mass is 16.5. The van der Waals surface area contributed by atoms with Gasteiger partial charge < -0.3 is 18.8 Å². The topological polar surface area (TPSA) is 81.9 Å². The summed E-state index contributed by atoms with van der Waals surface area (Å²) in [5.41, 5.74) is 3.07. The van der Waals surface area contributed by atoms with Gasteiger partial charge >= 0.3 is 5.76 Å². The molecule has 1 aromatic heterocycles. The highest BCUT2D eigenvalue weighted by Crippen LogP contribution is 2.37. The van der Waals surface area contributed by atoms with Crippen LogP contribution in [0.1, 0.15) is 34.7 Å². The summed E-state index contributed by atoms with van der Waals surface area (Å²) < 4.78 is 16.3. The number of likely N-dealkylation sites (tertiary alicyclic amines) is 1. The number of hydrogen-bond acceptors (Lipinski definition) is 6. The zero-order valence-electron chi connectivity index (χ0n) is 19.7. The molecule has 178 valence electrons. The first-order valence-corrected chi connectivity index (χ1v) is 11.6. The summed E-state index contributed by atoms with van der Waals surface area (Å²) in [5, 5.41) is 0.861.